The van der Waals surface area contributed by atoms with Gasteiger partial charge < -0.3 is 14.2 Å². The standard InChI is InChI=1S/C18H23NO5/c1-22-14-6-5-12-3-4-13(15(12)9-14)10-19-8-7-16(20)17(11-19)24-18(21)23-2/h5-6,9,13,17H,3-4,7-8,10-11H2,1-2H3. The van der Waals surface area contributed by atoms with Crippen LogP contribution in [-0.4, -0.2) is 56.8 Å². The summed E-state index contributed by atoms with van der Waals surface area (Å²) >= 11 is 0. The van der Waals surface area contributed by atoms with Crippen molar-refractivity contribution in [3.63, 3.8) is 0 Å². The first-order chi connectivity index (χ1) is 11.6. The Morgan fingerprint density at radius 2 is 2.12 bits per heavy atom. The summed E-state index contributed by atoms with van der Waals surface area (Å²) in [5.74, 6) is 1.26. The Labute approximate surface area is 141 Å². The van der Waals surface area contributed by atoms with Gasteiger partial charge >= 0.3 is 6.16 Å². The maximum atomic E-state index is 11.9. The number of hydrogen-bond donors (Lipinski definition) is 0. The summed E-state index contributed by atoms with van der Waals surface area (Å²) < 4.78 is 14.9. The van der Waals surface area contributed by atoms with E-state index in [-0.39, 0.29) is 5.78 Å². The molecule has 1 aromatic rings. The van der Waals surface area contributed by atoms with Gasteiger partial charge in [-0.3, -0.25) is 9.69 Å². The van der Waals surface area contributed by atoms with Crippen LogP contribution in [-0.2, 0) is 20.7 Å². The number of methoxy groups -OCH3 is 2. The van der Waals surface area contributed by atoms with Crippen molar-refractivity contribution in [1.82, 2.24) is 4.90 Å². The van der Waals surface area contributed by atoms with Gasteiger partial charge in [-0.25, -0.2) is 4.79 Å². The number of likely N-dealkylation sites (tertiary alicyclic amines) is 1. The van der Waals surface area contributed by atoms with E-state index in [2.05, 4.69) is 21.8 Å². The number of fused-ring (bicyclic) bond motifs is 1. The molecule has 1 saturated heterocycles. The van der Waals surface area contributed by atoms with Crippen molar-refractivity contribution in [2.45, 2.75) is 31.3 Å². The summed E-state index contributed by atoms with van der Waals surface area (Å²) in [6.07, 6.45) is 1.04. The number of ether oxygens (including phenoxy) is 3. The number of Topliss-reactive ketones (excluding diaryl/α,β-unsaturated/α-hetero) is 1. The predicted octanol–water partition coefficient (Wildman–Crippen LogP) is 2.15. The molecule has 0 N–H and O–H groups in total. The molecule has 130 valence electrons. The second kappa shape index (κ2) is 7.21. The molecule has 6 nitrogen and oxygen atoms in total. The molecule has 24 heavy (non-hydrogen) atoms. The van der Waals surface area contributed by atoms with Crippen LogP contribution in [0.25, 0.3) is 0 Å². The van der Waals surface area contributed by atoms with E-state index >= 15 is 0 Å². The Hall–Kier alpha value is -2.08. The third-order valence-corrected chi connectivity index (χ3v) is 4.90. The molecule has 1 aromatic carbocycles. The summed E-state index contributed by atoms with van der Waals surface area (Å²) in [5, 5.41) is 0. The average Bonchev–Trinajstić information content (AvgIpc) is 2.99. The maximum Gasteiger partial charge on any atom is 0.508 e. The third-order valence-electron chi connectivity index (χ3n) is 4.90. The molecule has 0 radical (unpaired) electrons. The molecule has 0 amide bonds. The Kier molecular flexibility index (Phi) is 5.04. The molecule has 6 heteroatoms. The number of nitrogens with zero attached hydrogens (tertiary/aromatic N) is 1. The van der Waals surface area contributed by atoms with Crippen molar-refractivity contribution in [2.24, 2.45) is 0 Å². The lowest BCUT2D eigenvalue weighted by molar-refractivity contribution is -0.133. The minimum absolute atomic E-state index is 0.0369. The number of carbonyl (C=O) groups excluding carboxylic acids is 2. The van der Waals surface area contributed by atoms with Gasteiger partial charge in [0, 0.05) is 26.1 Å². The number of rotatable bonds is 4. The van der Waals surface area contributed by atoms with Crippen LogP contribution < -0.4 is 4.74 Å². The lowest BCUT2D eigenvalue weighted by Gasteiger charge is -2.32. The lowest BCUT2D eigenvalue weighted by atomic mass is 9.98. The van der Waals surface area contributed by atoms with Crippen LogP contribution in [0.5, 0.6) is 5.75 Å². The van der Waals surface area contributed by atoms with Gasteiger partial charge in [0.05, 0.1) is 14.2 Å². The number of ketones is 1. The average molecular weight is 333 g/mol. The molecule has 3 rings (SSSR count). The van der Waals surface area contributed by atoms with Crippen molar-refractivity contribution in [3.05, 3.63) is 29.3 Å². The van der Waals surface area contributed by atoms with E-state index in [1.807, 2.05) is 6.07 Å². The van der Waals surface area contributed by atoms with Crippen LogP contribution in [0.2, 0.25) is 0 Å². The minimum atomic E-state index is -0.800. The molecule has 0 saturated carbocycles. The minimum Gasteiger partial charge on any atom is -0.497 e. The van der Waals surface area contributed by atoms with Crippen molar-refractivity contribution in [2.75, 3.05) is 33.9 Å². The Balaban J connectivity index is 1.65. The molecule has 1 aliphatic carbocycles. The molecule has 1 fully saturated rings. The molecule has 0 spiro atoms. The van der Waals surface area contributed by atoms with Crippen molar-refractivity contribution < 1.29 is 23.8 Å². The summed E-state index contributed by atoms with van der Waals surface area (Å²) in [6.45, 7) is 1.99. The Bertz CT molecular complexity index is 630. The van der Waals surface area contributed by atoms with E-state index in [9.17, 15) is 9.59 Å². The van der Waals surface area contributed by atoms with Crippen LogP contribution in [0.15, 0.2) is 18.2 Å². The molecule has 1 heterocycles. The molecule has 2 aliphatic rings. The fourth-order valence-electron chi connectivity index (χ4n) is 3.58. The van der Waals surface area contributed by atoms with Crippen molar-refractivity contribution >= 4 is 11.9 Å². The predicted molar refractivity (Wildman–Crippen MR) is 87.4 cm³/mol. The topological polar surface area (TPSA) is 65.1 Å². The zero-order valence-corrected chi connectivity index (χ0v) is 14.1. The highest BCUT2D eigenvalue weighted by molar-refractivity contribution is 5.85. The molecule has 2 atom stereocenters. The van der Waals surface area contributed by atoms with Crippen LogP contribution in [0.4, 0.5) is 4.79 Å². The van der Waals surface area contributed by atoms with E-state index in [0.717, 1.165) is 25.1 Å². The molecular formula is C18H23NO5. The largest absolute Gasteiger partial charge is 0.508 e. The van der Waals surface area contributed by atoms with Gasteiger partial charge in [0.25, 0.3) is 0 Å². The highest BCUT2D eigenvalue weighted by Crippen LogP contribution is 2.36. The van der Waals surface area contributed by atoms with Crippen LogP contribution in [0.1, 0.15) is 29.9 Å². The Morgan fingerprint density at radius 3 is 2.88 bits per heavy atom. The fourth-order valence-corrected chi connectivity index (χ4v) is 3.58. The van der Waals surface area contributed by atoms with Gasteiger partial charge in [-0.05, 0) is 42.0 Å². The zero-order valence-electron chi connectivity index (χ0n) is 14.1. The number of hydrogen-bond acceptors (Lipinski definition) is 6. The number of piperidine rings is 1. The number of carbonyl (C=O) groups is 2. The van der Waals surface area contributed by atoms with Crippen LogP contribution in [0, 0.1) is 0 Å². The number of aryl methyl sites for hydroxylation is 1. The monoisotopic (exact) mass is 333 g/mol. The first-order valence-corrected chi connectivity index (χ1v) is 8.27. The van der Waals surface area contributed by atoms with Crippen molar-refractivity contribution in [3.8, 4) is 5.75 Å². The number of benzene rings is 1. The molecule has 1 aliphatic heterocycles. The van der Waals surface area contributed by atoms with E-state index in [1.54, 1.807) is 7.11 Å². The molecular weight excluding hydrogens is 310 g/mol. The summed E-state index contributed by atoms with van der Waals surface area (Å²) in [7, 11) is 2.92. The molecule has 2 unspecified atom stereocenters. The smallest absolute Gasteiger partial charge is 0.497 e. The zero-order chi connectivity index (χ0) is 17.1. The quantitative estimate of drug-likeness (QED) is 0.787. The third kappa shape index (κ3) is 3.53. The van der Waals surface area contributed by atoms with E-state index in [4.69, 9.17) is 9.47 Å². The first-order valence-electron chi connectivity index (χ1n) is 8.27. The highest BCUT2D eigenvalue weighted by atomic mass is 16.7. The first kappa shape index (κ1) is 16.8. The van der Waals surface area contributed by atoms with Crippen LogP contribution >= 0.6 is 0 Å². The van der Waals surface area contributed by atoms with Gasteiger partial charge in [-0.2, -0.15) is 0 Å². The second-order valence-corrected chi connectivity index (χ2v) is 6.34. The maximum absolute atomic E-state index is 11.9. The fraction of sp³-hybridized carbons (Fsp3) is 0.556. The summed E-state index contributed by atoms with van der Waals surface area (Å²) in [5.41, 5.74) is 2.70. The van der Waals surface area contributed by atoms with Gasteiger partial charge in [0.1, 0.15) is 5.75 Å². The summed E-state index contributed by atoms with van der Waals surface area (Å²) in [4.78, 5) is 25.4. The highest BCUT2D eigenvalue weighted by Gasteiger charge is 2.33. The van der Waals surface area contributed by atoms with Gasteiger partial charge in [-0.15, -0.1) is 0 Å². The van der Waals surface area contributed by atoms with E-state index in [0.29, 0.717) is 25.4 Å². The van der Waals surface area contributed by atoms with Gasteiger partial charge in [0.15, 0.2) is 11.9 Å². The second-order valence-electron chi connectivity index (χ2n) is 6.34. The van der Waals surface area contributed by atoms with Gasteiger partial charge in [-0.1, -0.05) is 6.07 Å². The van der Waals surface area contributed by atoms with Crippen molar-refractivity contribution in [1.29, 1.82) is 0 Å². The van der Waals surface area contributed by atoms with Gasteiger partial charge in [0.2, 0.25) is 0 Å². The van der Waals surface area contributed by atoms with E-state index in [1.165, 1.54) is 18.2 Å². The Morgan fingerprint density at radius 1 is 1.29 bits per heavy atom. The lowest BCUT2D eigenvalue weighted by Crippen LogP contribution is -2.47. The summed E-state index contributed by atoms with van der Waals surface area (Å²) in [6, 6.07) is 6.25. The molecule has 0 aromatic heterocycles. The molecule has 0 bridgehead atoms. The SMILES string of the molecule is COC(=O)OC1CN(CC2CCc3ccc(OC)cc32)CCC1=O. The normalized spacial score (nSPS) is 23.7. The van der Waals surface area contributed by atoms with E-state index < -0.39 is 12.3 Å². The van der Waals surface area contributed by atoms with Crippen LogP contribution in [0.3, 0.4) is 0 Å².